The minimum absolute atomic E-state index is 0.493. The Balaban J connectivity index is 2.34. The minimum Gasteiger partial charge on any atom is -0.480 e. The van der Waals surface area contributed by atoms with Crippen molar-refractivity contribution < 1.29 is 19.8 Å². The average Bonchev–Trinajstić information content (AvgIpc) is 2.74. The highest BCUT2D eigenvalue weighted by atomic mass is 16.4. The number of hydrogen-bond donors (Lipinski definition) is 2. The lowest BCUT2D eigenvalue weighted by Crippen LogP contribution is -2.45. The third-order valence-corrected chi connectivity index (χ3v) is 2.36. The number of anilines is 1. The molecule has 0 fully saturated rings. The molecular weight excluding hydrogens is 226 g/mol. The fraction of sp³-hybridized carbons (Fsp3) is 0.200. The van der Waals surface area contributed by atoms with Gasteiger partial charge in [-0.25, -0.2) is 14.6 Å². The maximum Gasteiger partial charge on any atom is 0.333 e. The van der Waals surface area contributed by atoms with Crippen molar-refractivity contribution in [3.63, 3.8) is 0 Å². The van der Waals surface area contributed by atoms with Crippen LogP contribution in [-0.2, 0) is 9.59 Å². The summed E-state index contributed by atoms with van der Waals surface area (Å²) in [5.41, 5.74) is 0.493. The van der Waals surface area contributed by atoms with Crippen molar-refractivity contribution >= 4 is 17.6 Å². The van der Waals surface area contributed by atoms with Gasteiger partial charge in [-0.2, -0.15) is 5.11 Å². The average molecular weight is 235 g/mol. The lowest BCUT2D eigenvalue weighted by Gasteiger charge is -2.20. The van der Waals surface area contributed by atoms with Crippen LogP contribution in [0.3, 0.4) is 0 Å². The van der Waals surface area contributed by atoms with Gasteiger partial charge in [0.1, 0.15) is 0 Å². The van der Waals surface area contributed by atoms with E-state index in [1.165, 1.54) is 0 Å². The predicted molar refractivity (Wildman–Crippen MR) is 56.6 cm³/mol. The summed E-state index contributed by atoms with van der Waals surface area (Å²) in [6.45, 7) is 0. The van der Waals surface area contributed by atoms with Crippen LogP contribution in [0, 0.1) is 0 Å². The van der Waals surface area contributed by atoms with Gasteiger partial charge in [0, 0.05) is 0 Å². The number of nitrogens with zero attached hydrogens (tertiary/aromatic N) is 3. The maximum atomic E-state index is 11.1. The van der Waals surface area contributed by atoms with Crippen molar-refractivity contribution in [1.29, 1.82) is 0 Å². The van der Waals surface area contributed by atoms with Gasteiger partial charge in [0.05, 0.1) is 5.69 Å². The molecule has 2 unspecified atom stereocenters. The van der Waals surface area contributed by atoms with Crippen molar-refractivity contribution in [3.05, 3.63) is 30.3 Å². The summed E-state index contributed by atoms with van der Waals surface area (Å²) in [5.74, 6) is -2.58. The van der Waals surface area contributed by atoms with Crippen molar-refractivity contribution in [2.75, 3.05) is 5.01 Å². The summed E-state index contributed by atoms with van der Waals surface area (Å²) in [4.78, 5) is 21.9. The molecule has 0 aromatic heterocycles. The van der Waals surface area contributed by atoms with Crippen LogP contribution in [0.5, 0.6) is 0 Å². The van der Waals surface area contributed by atoms with Crippen LogP contribution < -0.4 is 5.01 Å². The van der Waals surface area contributed by atoms with Crippen molar-refractivity contribution in [2.45, 2.75) is 12.1 Å². The first-order valence-electron chi connectivity index (χ1n) is 4.82. The van der Waals surface area contributed by atoms with Gasteiger partial charge >= 0.3 is 11.9 Å². The molecule has 1 aliphatic rings. The van der Waals surface area contributed by atoms with Crippen LogP contribution >= 0.6 is 0 Å². The maximum absolute atomic E-state index is 11.1. The third kappa shape index (κ3) is 1.94. The molecule has 0 saturated heterocycles. The molecule has 2 N–H and O–H groups in total. The molecule has 0 bridgehead atoms. The van der Waals surface area contributed by atoms with Crippen molar-refractivity contribution in [1.82, 2.24) is 0 Å². The molecule has 17 heavy (non-hydrogen) atoms. The Morgan fingerprint density at radius 2 is 1.76 bits per heavy atom. The number of carboxylic acids is 2. The van der Waals surface area contributed by atoms with E-state index < -0.39 is 24.0 Å². The number of carbonyl (C=O) groups is 2. The summed E-state index contributed by atoms with van der Waals surface area (Å²) in [6, 6.07) is 5.76. The normalized spacial score (nSPS) is 22.7. The SMILES string of the molecule is O=C(O)C1N=NN(c2ccccc2)C1C(=O)O. The molecular formula is C10H9N3O4. The van der Waals surface area contributed by atoms with Crippen LogP contribution in [0.25, 0.3) is 0 Å². The Kier molecular flexibility index (Phi) is 2.73. The summed E-state index contributed by atoms with van der Waals surface area (Å²) >= 11 is 0. The molecule has 2 rings (SSSR count). The number of carboxylic acid groups (broad SMARTS) is 2. The standard InChI is InChI=1S/C10H9N3O4/c14-9(15)7-8(10(16)17)13(12-11-7)6-4-2-1-3-5-6/h1-5,7-8H,(H,14,15)(H,16,17). The Hall–Kier alpha value is -2.44. The first kappa shape index (κ1) is 11.1. The Bertz CT molecular complexity index is 474. The molecule has 0 spiro atoms. The molecule has 0 saturated carbocycles. The zero-order valence-corrected chi connectivity index (χ0v) is 8.59. The Labute approximate surface area is 96.0 Å². The van der Waals surface area contributed by atoms with E-state index in [4.69, 9.17) is 10.2 Å². The first-order valence-corrected chi connectivity index (χ1v) is 4.82. The van der Waals surface area contributed by atoms with Crippen molar-refractivity contribution in [2.24, 2.45) is 10.3 Å². The molecule has 1 aliphatic heterocycles. The van der Waals surface area contributed by atoms with E-state index in [0.29, 0.717) is 5.69 Å². The molecule has 0 radical (unpaired) electrons. The fourth-order valence-corrected chi connectivity index (χ4v) is 1.58. The van der Waals surface area contributed by atoms with E-state index in [1.807, 2.05) is 0 Å². The lowest BCUT2D eigenvalue weighted by molar-refractivity contribution is -0.145. The number of rotatable bonds is 3. The summed E-state index contributed by atoms with van der Waals surface area (Å²) in [5, 5.41) is 26.1. The number of hydrogen-bond acceptors (Lipinski definition) is 5. The molecule has 1 aromatic carbocycles. The lowest BCUT2D eigenvalue weighted by atomic mass is 10.1. The second-order valence-corrected chi connectivity index (χ2v) is 3.45. The molecule has 7 nitrogen and oxygen atoms in total. The predicted octanol–water partition coefficient (Wildman–Crippen LogP) is 0.780. The van der Waals surface area contributed by atoms with Gasteiger partial charge in [0.25, 0.3) is 0 Å². The van der Waals surface area contributed by atoms with Crippen molar-refractivity contribution in [3.8, 4) is 0 Å². The van der Waals surface area contributed by atoms with Crippen LogP contribution in [0.4, 0.5) is 5.69 Å². The van der Waals surface area contributed by atoms with Gasteiger partial charge in [-0.1, -0.05) is 23.4 Å². The van der Waals surface area contributed by atoms with Gasteiger partial charge in [-0.05, 0) is 12.1 Å². The van der Waals surface area contributed by atoms with E-state index in [-0.39, 0.29) is 0 Å². The van der Waals surface area contributed by atoms with Gasteiger partial charge in [0.15, 0.2) is 6.04 Å². The molecule has 1 heterocycles. The minimum atomic E-state index is -1.38. The molecule has 2 atom stereocenters. The number of aliphatic carboxylic acids is 2. The molecule has 88 valence electrons. The summed E-state index contributed by atoms with van der Waals surface area (Å²) < 4.78 is 0. The second-order valence-electron chi connectivity index (χ2n) is 3.45. The van der Waals surface area contributed by atoms with E-state index in [9.17, 15) is 9.59 Å². The van der Waals surface area contributed by atoms with Gasteiger partial charge < -0.3 is 10.2 Å². The summed E-state index contributed by atoms with van der Waals surface area (Å²) in [6.07, 6.45) is 0. The Morgan fingerprint density at radius 1 is 1.12 bits per heavy atom. The molecule has 7 heteroatoms. The van der Waals surface area contributed by atoms with Crippen LogP contribution in [0.15, 0.2) is 40.7 Å². The monoisotopic (exact) mass is 235 g/mol. The van der Waals surface area contributed by atoms with E-state index in [2.05, 4.69) is 10.3 Å². The molecule has 1 aromatic rings. The number of benzene rings is 1. The highest BCUT2D eigenvalue weighted by Crippen LogP contribution is 2.25. The first-order chi connectivity index (χ1) is 8.11. The van der Waals surface area contributed by atoms with Gasteiger partial charge in [0.2, 0.25) is 6.04 Å². The van der Waals surface area contributed by atoms with Crippen LogP contribution in [0.2, 0.25) is 0 Å². The topological polar surface area (TPSA) is 103 Å². The third-order valence-electron chi connectivity index (χ3n) is 2.36. The Morgan fingerprint density at radius 3 is 2.29 bits per heavy atom. The van der Waals surface area contributed by atoms with E-state index in [1.54, 1.807) is 30.3 Å². The number of para-hydroxylation sites is 1. The zero-order valence-electron chi connectivity index (χ0n) is 8.59. The van der Waals surface area contributed by atoms with E-state index >= 15 is 0 Å². The van der Waals surface area contributed by atoms with Crippen LogP contribution in [0.1, 0.15) is 0 Å². The van der Waals surface area contributed by atoms with Gasteiger partial charge in [-0.3, -0.25) is 0 Å². The highest BCUT2D eigenvalue weighted by molar-refractivity contribution is 5.88. The highest BCUT2D eigenvalue weighted by Gasteiger charge is 2.43. The molecule has 0 aliphatic carbocycles. The fourth-order valence-electron chi connectivity index (χ4n) is 1.58. The van der Waals surface area contributed by atoms with E-state index in [0.717, 1.165) is 5.01 Å². The largest absolute Gasteiger partial charge is 0.480 e. The van der Waals surface area contributed by atoms with Crippen LogP contribution in [-0.4, -0.2) is 34.2 Å². The second kappa shape index (κ2) is 4.20. The smallest absolute Gasteiger partial charge is 0.333 e. The zero-order chi connectivity index (χ0) is 12.4. The van der Waals surface area contributed by atoms with Gasteiger partial charge in [-0.15, -0.1) is 0 Å². The summed E-state index contributed by atoms with van der Waals surface area (Å²) in [7, 11) is 0. The quantitative estimate of drug-likeness (QED) is 0.805. The molecule has 0 amide bonds.